The van der Waals surface area contributed by atoms with E-state index in [0.717, 1.165) is 31.6 Å². The predicted octanol–water partition coefficient (Wildman–Crippen LogP) is 1.17. The normalized spacial score (nSPS) is 13.5. The zero-order valence-corrected chi connectivity index (χ0v) is 13.6. The van der Waals surface area contributed by atoms with Gasteiger partial charge >= 0.3 is 6.15 Å². The van der Waals surface area contributed by atoms with Crippen LogP contribution in [0.25, 0.3) is 0 Å². The van der Waals surface area contributed by atoms with Gasteiger partial charge in [0, 0.05) is 32.1 Å². The summed E-state index contributed by atoms with van der Waals surface area (Å²) >= 11 is 0. The van der Waals surface area contributed by atoms with Crippen LogP contribution in [0, 0.1) is 0 Å². The van der Waals surface area contributed by atoms with E-state index in [2.05, 4.69) is 32.4 Å². The third-order valence-corrected chi connectivity index (χ3v) is 3.88. The standard InChI is InChI=1S/C8H12N2.C7H8N2O2.CO2/c1-2-7-6-10-5-3-4-8(10)9-7;10-5-11-7-4-9-3-1-2-6(9)8-7;2-1-3/h6H,2-5H2,1H3;4-5H,1-3H2;. The monoisotopic (exact) mass is 332 g/mol. The Hall–Kier alpha value is -2.73. The van der Waals surface area contributed by atoms with Crippen LogP contribution in [-0.2, 0) is 46.7 Å². The maximum absolute atomic E-state index is 9.93. The fourth-order valence-corrected chi connectivity index (χ4v) is 2.82. The summed E-state index contributed by atoms with van der Waals surface area (Å²) in [6.45, 7) is 4.73. The number of aromatic nitrogens is 4. The third kappa shape index (κ3) is 4.39. The third-order valence-electron chi connectivity index (χ3n) is 3.88. The first kappa shape index (κ1) is 17.6. The number of rotatable bonds is 3. The Bertz CT molecular complexity index is 671. The molecule has 0 N–H and O–H groups in total. The molecule has 0 atom stereocenters. The highest BCUT2D eigenvalue weighted by molar-refractivity contribution is 5.42. The molecule has 2 aromatic heterocycles. The maximum atomic E-state index is 9.93. The van der Waals surface area contributed by atoms with Crippen LogP contribution in [0.1, 0.15) is 37.1 Å². The van der Waals surface area contributed by atoms with Crippen molar-refractivity contribution in [3.05, 3.63) is 29.7 Å². The Morgan fingerprint density at radius 2 is 1.71 bits per heavy atom. The van der Waals surface area contributed by atoms with Crippen LogP contribution in [0.5, 0.6) is 5.88 Å². The number of imidazole rings is 2. The molecule has 0 aromatic carbocycles. The largest absolute Gasteiger partial charge is 0.408 e. The number of carbonyl (C=O) groups is 1. The van der Waals surface area contributed by atoms with Crippen LogP contribution in [0.15, 0.2) is 12.4 Å². The van der Waals surface area contributed by atoms with Crippen molar-refractivity contribution in [1.82, 2.24) is 19.1 Å². The van der Waals surface area contributed by atoms with Crippen LogP contribution in [0.4, 0.5) is 0 Å². The number of hydrogen-bond acceptors (Lipinski definition) is 6. The van der Waals surface area contributed by atoms with Gasteiger partial charge in [0.25, 0.3) is 6.47 Å². The molecule has 128 valence electrons. The fraction of sp³-hybridized carbons (Fsp3) is 0.500. The molecule has 2 aliphatic heterocycles. The highest BCUT2D eigenvalue weighted by atomic mass is 16.5. The Labute approximate surface area is 139 Å². The molecular formula is C16H20N4O4. The maximum Gasteiger partial charge on any atom is 0.373 e. The molecule has 0 bridgehead atoms. The lowest BCUT2D eigenvalue weighted by Crippen LogP contribution is -1.89. The van der Waals surface area contributed by atoms with Crippen LogP contribution >= 0.6 is 0 Å². The molecule has 2 aromatic rings. The second-order valence-electron chi connectivity index (χ2n) is 5.39. The molecule has 0 saturated heterocycles. The molecule has 2 aliphatic rings. The molecule has 24 heavy (non-hydrogen) atoms. The number of nitrogens with zero attached hydrogens (tertiary/aromatic N) is 4. The van der Waals surface area contributed by atoms with E-state index in [1.807, 2.05) is 4.57 Å². The Morgan fingerprint density at radius 1 is 1.12 bits per heavy atom. The molecule has 0 radical (unpaired) electrons. The summed E-state index contributed by atoms with van der Waals surface area (Å²) in [5, 5.41) is 0. The second-order valence-corrected chi connectivity index (χ2v) is 5.39. The molecule has 0 saturated carbocycles. The predicted molar refractivity (Wildman–Crippen MR) is 82.2 cm³/mol. The van der Waals surface area contributed by atoms with E-state index in [4.69, 9.17) is 9.59 Å². The van der Waals surface area contributed by atoms with Crippen molar-refractivity contribution in [2.75, 3.05) is 0 Å². The quantitative estimate of drug-likeness (QED) is 0.783. The average molecular weight is 332 g/mol. The Kier molecular flexibility index (Phi) is 6.45. The van der Waals surface area contributed by atoms with Crippen molar-refractivity contribution in [1.29, 1.82) is 0 Å². The van der Waals surface area contributed by atoms with Gasteiger partial charge in [-0.1, -0.05) is 6.92 Å². The van der Waals surface area contributed by atoms with E-state index < -0.39 is 0 Å². The first-order valence-electron chi connectivity index (χ1n) is 7.92. The van der Waals surface area contributed by atoms with Crippen molar-refractivity contribution < 1.29 is 19.1 Å². The second kappa shape index (κ2) is 8.79. The van der Waals surface area contributed by atoms with E-state index in [1.54, 1.807) is 6.20 Å². The van der Waals surface area contributed by atoms with Gasteiger partial charge in [0.2, 0.25) is 5.88 Å². The first-order chi connectivity index (χ1) is 11.7. The molecule has 0 spiro atoms. The number of aryl methyl sites for hydroxylation is 5. The highest BCUT2D eigenvalue weighted by Crippen LogP contribution is 2.18. The van der Waals surface area contributed by atoms with Gasteiger partial charge in [-0.2, -0.15) is 14.6 Å². The first-order valence-corrected chi connectivity index (χ1v) is 7.92. The average Bonchev–Trinajstić information content (AvgIpc) is 3.28. The van der Waals surface area contributed by atoms with Crippen molar-refractivity contribution >= 4 is 12.6 Å². The zero-order valence-electron chi connectivity index (χ0n) is 13.6. The minimum Gasteiger partial charge on any atom is -0.408 e. The van der Waals surface area contributed by atoms with E-state index in [-0.39, 0.29) is 6.15 Å². The van der Waals surface area contributed by atoms with E-state index in [0.29, 0.717) is 12.4 Å². The highest BCUT2D eigenvalue weighted by Gasteiger charge is 2.13. The Balaban J connectivity index is 0.000000150. The summed E-state index contributed by atoms with van der Waals surface area (Å²) in [7, 11) is 0. The van der Waals surface area contributed by atoms with Crippen molar-refractivity contribution in [3.8, 4) is 5.88 Å². The fourth-order valence-electron chi connectivity index (χ4n) is 2.82. The van der Waals surface area contributed by atoms with Gasteiger partial charge in [0.15, 0.2) is 0 Å². The van der Waals surface area contributed by atoms with Crippen LogP contribution < -0.4 is 4.74 Å². The summed E-state index contributed by atoms with van der Waals surface area (Å²) in [4.78, 5) is 34.7. The molecule has 0 aliphatic carbocycles. The molecule has 4 heterocycles. The summed E-state index contributed by atoms with van der Waals surface area (Å²) in [5.74, 6) is 2.72. The van der Waals surface area contributed by atoms with Gasteiger partial charge in [-0.05, 0) is 19.3 Å². The van der Waals surface area contributed by atoms with Crippen molar-refractivity contribution in [3.63, 3.8) is 0 Å². The zero-order chi connectivity index (χ0) is 17.4. The number of ether oxygens (including phenoxy) is 1. The molecule has 4 rings (SSSR count). The number of fused-ring (bicyclic) bond motifs is 2. The number of hydrogen-bond donors (Lipinski definition) is 0. The van der Waals surface area contributed by atoms with Crippen LogP contribution in [-0.4, -0.2) is 31.7 Å². The molecule has 8 heteroatoms. The summed E-state index contributed by atoms with van der Waals surface area (Å²) in [6.07, 6.45) is 9.86. The van der Waals surface area contributed by atoms with E-state index >= 15 is 0 Å². The lowest BCUT2D eigenvalue weighted by Gasteiger charge is -1.89. The number of carbonyl (C=O) groups excluding carboxylic acids is 3. The smallest absolute Gasteiger partial charge is 0.373 e. The molecule has 8 nitrogen and oxygen atoms in total. The van der Waals surface area contributed by atoms with Crippen molar-refractivity contribution in [2.24, 2.45) is 0 Å². The molecular weight excluding hydrogens is 312 g/mol. The Morgan fingerprint density at radius 3 is 2.21 bits per heavy atom. The van der Waals surface area contributed by atoms with Crippen molar-refractivity contribution in [2.45, 2.75) is 52.1 Å². The van der Waals surface area contributed by atoms with Gasteiger partial charge in [0.05, 0.1) is 11.9 Å². The van der Waals surface area contributed by atoms with Gasteiger partial charge in [-0.3, -0.25) is 4.79 Å². The van der Waals surface area contributed by atoms with E-state index in [1.165, 1.54) is 30.9 Å². The minimum atomic E-state index is 0.250. The van der Waals surface area contributed by atoms with Gasteiger partial charge < -0.3 is 13.9 Å². The lowest BCUT2D eigenvalue weighted by molar-refractivity contribution is -0.191. The van der Waals surface area contributed by atoms with Crippen LogP contribution in [0.2, 0.25) is 0 Å². The molecule has 0 unspecified atom stereocenters. The minimum absolute atomic E-state index is 0.250. The topological polar surface area (TPSA) is 96.1 Å². The lowest BCUT2D eigenvalue weighted by atomic mass is 10.3. The van der Waals surface area contributed by atoms with Gasteiger partial charge in [-0.25, -0.2) is 4.98 Å². The molecule has 0 fully saturated rings. The molecule has 0 amide bonds. The summed E-state index contributed by atoms with van der Waals surface area (Å²) < 4.78 is 8.88. The van der Waals surface area contributed by atoms with Crippen LogP contribution in [0.3, 0.4) is 0 Å². The summed E-state index contributed by atoms with van der Waals surface area (Å²) in [6, 6.07) is 0. The van der Waals surface area contributed by atoms with Gasteiger partial charge in [-0.15, -0.1) is 0 Å². The van der Waals surface area contributed by atoms with Gasteiger partial charge in [0.1, 0.15) is 11.6 Å². The SMILES string of the molecule is CCc1cn2c(n1)CCC2.O=C=O.O=COc1cn2c(n1)CCC2. The van der Waals surface area contributed by atoms with E-state index in [9.17, 15) is 4.79 Å². The summed E-state index contributed by atoms with van der Waals surface area (Å²) in [5.41, 5.74) is 1.25.